The smallest absolute Gasteiger partial charge is 0.253 e. The van der Waals surface area contributed by atoms with Crippen LogP contribution in [0, 0.1) is 18.8 Å². The van der Waals surface area contributed by atoms with Crippen LogP contribution >= 0.6 is 0 Å². The number of aromatic nitrogens is 2. The van der Waals surface area contributed by atoms with Gasteiger partial charge in [0, 0.05) is 56.8 Å². The number of rotatable bonds is 3. The molecule has 2 aromatic rings. The molecule has 0 N–H and O–H groups in total. The van der Waals surface area contributed by atoms with Gasteiger partial charge in [0.15, 0.2) is 5.82 Å². The summed E-state index contributed by atoms with van der Waals surface area (Å²) in [6, 6.07) is 9.31. The quantitative estimate of drug-likeness (QED) is 0.765. The van der Waals surface area contributed by atoms with Crippen molar-refractivity contribution in [1.82, 2.24) is 19.9 Å². The minimum Gasteiger partial charge on any atom is -0.381 e. The number of likely N-dealkylation sites (tertiary alicyclic amines) is 2. The maximum absolute atomic E-state index is 13.2. The Bertz CT molecular complexity index is 940. The van der Waals surface area contributed by atoms with Crippen molar-refractivity contribution in [3.63, 3.8) is 0 Å². The summed E-state index contributed by atoms with van der Waals surface area (Å²) in [7, 11) is 0. The molecule has 3 saturated heterocycles. The number of ether oxygens (including phenoxy) is 1. The fraction of sp³-hybridized carbons (Fsp3) is 0.545. The van der Waals surface area contributed by atoms with Gasteiger partial charge in [0.1, 0.15) is 0 Å². The number of aryl methyl sites for hydroxylation is 1. The molecule has 30 heavy (non-hydrogen) atoms. The van der Waals surface area contributed by atoms with Crippen LogP contribution in [-0.2, 0) is 14.9 Å². The van der Waals surface area contributed by atoms with Gasteiger partial charge in [0.05, 0.1) is 5.41 Å². The number of amides is 2. The van der Waals surface area contributed by atoms with Crippen LogP contribution < -0.4 is 0 Å². The van der Waals surface area contributed by atoms with Crippen molar-refractivity contribution < 1.29 is 18.8 Å². The molecule has 158 valence electrons. The van der Waals surface area contributed by atoms with Crippen molar-refractivity contribution in [2.24, 2.45) is 11.8 Å². The summed E-state index contributed by atoms with van der Waals surface area (Å²) in [4.78, 5) is 34.6. The summed E-state index contributed by atoms with van der Waals surface area (Å²) in [5.74, 6) is 1.39. The molecule has 2 amide bonds. The standard InChI is InChI=1S/C22H26N4O4/c1-15-23-21(30-24-15)22-13-25(19(27)16-5-3-2-4-6-16)11-18(22)12-26(14-22)20(28)17-7-9-29-10-8-17/h2-6,17-18H,7-14H2,1H3/t18-,22-/m1/s1. The van der Waals surface area contributed by atoms with Crippen molar-refractivity contribution in [1.29, 1.82) is 0 Å². The monoisotopic (exact) mass is 410 g/mol. The number of carbonyl (C=O) groups is 2. The van der Waals surface area contributed by atoms with Gasteiger partial charge in [-0.05, 0) is 31.9 Å². The Balaban J connectivity index is 1.41. The highest BCUT2D eigenvalue weighted by atomic mass is 16.5. The fourth-order valence-electron chi connectivity index (χ4n) is 5.16. The first kappa shape index (κ1) is 19.2. The summed E-state index contributed by atoms with van der Waals surface area (Å²) in [6.45, 7) is 5.24. The SMILES string of the molecule is Cc1noc([C@@]23CN(C(=O)c4ccccc4)C[C@@H]2CN(C(=O)C2CCOCC2)C3)n1. The Kier molecular flexibility index (Phi) is 4.81. The highest BCUT2D eigenvalue weighted by Crippen LogP contribution is 2.45. The lowest BCUT2D eigenvalue weighted by molar-refractivity contribution is -0.137. The molecule has 5 rings (SSSR count). The summed E-state index contributed by atoms with van der Waals surface area (Å²) in [5, 5.41) is 3.99. The van der Waals surface area contributed by atoms with Gasteiger partial charge in [-0.15, -0.1) is 0 Å². The van der Waals surface area contributed by atoms with E-state index >= 15 is 0 Å². The van der Waals surface area contributed by atoms with Crippen LogP contribution in [0.15, 0.2) is 34.9 Å². The van der Waals surface area contributed by atoms with Crippen LogP contribution in [0.1, 0.15) is 34.9 Å². The number of carbonyl (C=O) groups excluding carboxylic acids is 2. The Morgan fingerprint density at radius 2 is 1.77 bits per heavy atom. The third kappa shape index (κ3) is 3.19. The topological polar surface area (TPSA) is 88.8 Å². The third-order valence-corrected chi connectivity index (χ3v) is 6.75. The Hall–Kier alpha value is -2.74. The van der Waals surface area contributed by atoms with E-state index in [0.717, 1.165) is 12.8 Å². The van der Waals surface area contributed by atoms with Crippen LogP contribution in [0.4, 0.5) is 0 Å². The van der Waals surface area contributed by atoms with Gasteiger partial charge in [-0.2, -0.15) is 4.98 Å². The van der Waals surface area contributed by atoms with Crippen LogP contribution in [0.25, 0.3) is 0 Å². The molecule has 8 heteroatoms. The molecule has 0 radical (unpaired) electrons. The van der Waals surface area contributed by atoms with E-state index in [-0.39, 0.29) is 23.7 Å². The lowest BCUT2D eigenvalue weighted by atomic mass is 9.81. The molecule has 0 bridgehead atoms. The first-order valence-electron chi connectivity index (χ1n) is 10.6. The van der Waals surface area contributed by atoms with E-state index in [1.54, 1.807) is 6.92 Å². The van der Waals surface area contributed by atoms with E-state index in [1.165, 1.54) is 0 Å². The van der Waals surface area contributed by atoms with Crippen molar-refractivity contribution in [3.8, 4) is 0 Å². The summed E-state index contributed by atoms with van der Waals surface area (Å²) in [5.41, 5.74) is 0.163. The zero-order valence-electron chi connectivity index (χ0n) is 17.1. The number of nitrogens with zero attached hydrogens (tertiary/aromatic N) is 4. The first-order valence-corrected chi connectivity index (χ1v) is 10.6. The first-order chi connectivity index (χ1) is 14.6. The molecule has 1 aromatic carbocycles. The van der Waals surface area contributed by atoms with E-state index in [2.05, 4.69) is 10.1 Å². The van der Waals surface area contributed by atoms with Crippen molar-refractivity contribution in [2.45, 2.75) is 25.2 Å². The lowest BCUT2D eigenvalue weighted by Gasteiger charge is -2.29. The molecular weight excluding hydrogens is 384 g/mol. The zero-order chi connectivity index (χ0) is 20.7. The summed E-state index contributed by atoms with van der Waals surface area (Å²) >= 11 is 0. The number of benzene rings is 1. The molecule has 0 spiro atoms. The molecule has 3 aliphatic rings. The van der Waals surface area contributed by atoms with Crippen LogP contribution in [0.3, 0.4) is 0 Å². The highest BCUT2D eigenvalue weighted by Gasteiger charge is 2.59. The predicted molar refractivity (Wildman–Crippen MR) is 107 cm³/mol. The second-order valence-corrected chi connectivity index (χ2v) is 8.66. The van der Waals surface area contributed by atoms with Crippen molar-refractivity contribution in [2.75, 3.05) is 39.4 Å². The normalized spacial score (nSPS) is 26.8. The maximum Gasteiger partial charge on any atom is 0.253 e. The molecule has 4 heterocycles. The Labute approximate surface area is 175 Å². The Morgan fingerprint density at radius 3 is 2.47 bits per heavy atom. The molecule has 0 unspecified atom stereocenters. The van der Waals surface area contributed by atoms with Gasteiger partial charge in [-0.25, -0.2) is 0 Å². The Morgan fingerprint density at radius 1 is 1.07 bits per heavy atom. The maximum atomic E-state index is 13.2. The van der Waals surface area contributed by atoms with Gasteiger partial charge < -0.3 is 19.1 Å². The van der Waals surface area contributed by atoms with E-state index in [1.807, 2.05) is 40.1 Å². The largest absolute Gasteiger partial charge is 0.381 e. The van der Waals surface area contributed by atoms with Crippen molar-refractivity contribution in [3.05, 3.63) is 47.6 Å². The van der Waals surface area contributed by atoms with E-state index in [0.29, 0.717) is 56.7 Å². The molecule has 2 atom stereocenters. The molecule has 3 fully saturated rings. The zero-order valence-corrected chi connectivity index (χ0v) is 17.1. The van der Waals surface area contributed by atoms with E-state index < -0.39 is 5.41 Å². The number of fused-ring (bicyclic) bond motifs is 1. The molecule has 8 nitrogen and oxygen atoms in total. The summed E-state index contributed by atoms with van der Waals surface area (Å²) in [6.07, 6.45) is 1.54. The lowest BCUT2D eigenvalue weighted by Crippen LogP contribution is -2.43. The average Bonchev–Trinajstić information content (AvgIpc) is 3.46. The highest BCUT2D eigenvalue weighted by molar-refractivity contribution is 5.94. The molecule has 0 aliphatic carbocycles. The second-order valence-electron chi connectivity index (χ2n) is 8.66. The van der Waals surface area contributed by atoms with Crippen molar-refractivity contribution >= 4 is 11.8 Å². The van der Waals surface area contributed by atoms with E-state index in [9.17, 15) is 9.59 Å². The van der Waals surface area contributed by atoms with Gasteiger partial charge in [0.25, 0.3) is 5.91 Å². The van der Waals surface area contributed by atoms with Crippen LogP contribution in [0.5, 0.6) is 0 Å². The molecular formula is C22H26N4O4. The minimum atomic E-state index is -0.507. The fourth-order valence-corrected chi connectivity index (χ4v) is 5.16. The average molecular weight is 410 g/mol. The summed E-state index contributed by atoms with van der Waals surface area (Å²) < 4.78 is 11.0. The third-order valence-electron chi connectivity index (χ3n) is 6.75. The number of hydrogen-bond donors (Lipinski definition) is 0. The molecule has 1 aromatic heterocycles. The van der Waals surface area contributed by atoms with Gasteiger partial charge in [-0.3, -0.25) is 9.59 Å². The van der Waals surface area contributed by atoms with Crippen LogP contribution in [0.2, 0.25) is 0 Å². The van der Waals surface area contributed by atoms with Gasteiger partial charge >= 0.3 is 0 Å². The number of hydrogen-bond acceptors (Lipinski definition) is 6. The van der Waals surface area contributed by atoms with Gasteiger partial charge in [-0.1, -0.05) is 23.4 Å². The molecule has 3 aliphatic heterocycles. The van der Waals surface area contributed by atoms with Crippen LogP contribution in [-0.4, -0.2) is 71.1 Å². The second kappa shape index (κ2) is 7.50. The predicted octanol–water partition coefficient (Wildman–Crippen LogP) is 1.66. The van der Waals surface area contributed by atoms with Gasteiger partial charge in [0.2, 0.25) is 11.8 Å². The molecule has 0 saturated carbocycles. The van der Waals surface area contributed by atoms with E-state index in [4.69, 9.17) is 9.26 Å². The minimum absolute atomic E-state index is 0.00270.